The molecule has 2 N–H and O–H groups in total. The van der Waals surface area contributed by atoms with Gasteiger partial charge in [-0.3, -0.25) is 9.59 Å². The van der Waals surface area contributed by atoms with Crippen LogP contribution in [-0.4, -0.2) is 58.6 Å². The van der Waals surface area contributed by atoms with Gasteiger partial charge in [0.25, 0.3) is 11.8 Å². The maximum atomic E-state index is 14.2. The largest absolute Gasteiger partial charge is 0.573 e. The molecule has 15 heteroatoms. The highest BCUT2D eigenvalue weighted by atomic mass is 19.4. The molecule has 0 fully saturated rings. The van der Waals surface area contributed by atoms with Crippen LogP contribution in [-0.2, 0) is 16.1 Å². The fourth-order valence-corrected chi connectivity index (χ4v) is 3.48. The molecule has 2 amide bonds. The van der Waals surface area contributed by atoms with Gasteiger partial charge in [0, 0.05) is 31.0 Å². The number of anilines is 1. The Morgan fingerprint density at radius 1 is 1.10 bits per heavy atom. The number of amides is 2. The molecule has 0 atom stereocenters. The van der Waals surface area contributed by atoms with Gasteiger partial charge in [0.05, 0.1) is 19.0 Å². The van der Waals surface area contributed by atoms with Crippen LogP contribution in [0.15, 0.2) is 48.8 Å². The Morgan fingerprint density at radius 2 is 1.90 bits per heavy atom. The summed E-state index contributed by atoms with van der Waals surface area (Å²) in [6.45, 7) is -0.585. The van der Waals surface area contributed by atoms with E-state index in [1.54, 1.807) is 12.1 Å². The summed E-state index contributed by atoms with van der Waals surface area (Å²) < 4.78 is 66.8. The standard InChI is InChI=1S/C24H20F4N6O5/c1-37-12-21(35)32-19-11-34-20(31-19)6-5-18(33-34)14-8-16(23(38-2)30-10-14)22(36)29-9-13-7-15(3-4-17(13)25)39-24(26,27)28/h3-8,10-11H,9,12H2,1-2H3,(H,29,36)(H,32,35). The molecule has 0 aliphatic rings. The Balaban J connectivity index is 1.55. The Morgan fingerprint density at radius 3 is 2.62 bits per heavy atom. The van der Waals surface area contributed by atoms with Crippen LogP contribution in [0.5, 0.6) is 11.6 Å². The van der Waals surface area contributed by atoms with E-state index in [0.29, 0.717) is 16.9 Å². The van der Waals surface area contributed by atoms with Gasteiger partial charge in [0.1, 0.15) is 23.7 Å². The van der Waals surface area contributed by atoms with E-state index >= 15 is 0 Å². The van der Waals surface area contributed by atoms with E-state index in [2.05, 4.69) is 30.4 Å². The van der Waals surface area contributed by atoms with Crippen molar-refractivity contribution in [2.45, 2.75) is 12.9 Å². The maximum absolute atomic E-state index is 14.2. The fraction of sp³-hybridized carbons (Fsp3) is 0.208. The number of carbonyl (C=O) groups is 2. The van der Waals surface area contributed by atoms with Gasteiger partial charge in [-0.1, -0.05) is 0 Å². The molecular formula is C24H20F4N6O5. The zero-order valence-corrected chi connectivity index (χ0v) is 20.4. The topological polar surface area (TPSA) is 129 Å². The Labute approximate surface area is 217 Å². The van der Waals surface area contributed by atoms with Crippen LogP contribution in [0.3, 0.4) is 0 Å². The van der Waals surface area contributed by atoms with Crippen molar-refractivity contribution in [2.24, 2.45) is 0 Å². The third-order valence-corrected chi connectivity index (χ3v) is 5.14. The molecule has 0 saturated heterocycles. The Bertz CT molecular complexity index is 1520. The number of aromatic nitrogens is 4. The lowest BCUT2D eigenvalue weighted by Gasteiger charge is -2.13. The Kier molecular flexibility index (Phi) is 7.90. The number of imidazole rings is 1. The molecule has 0 radical (unpaired) electrons. The minimum atomic E-state index is -4.95. The van der Waals surface area contributed by atoms with Gasteiger partial charge < -0.3 is 24.8 Å². The minimum absolute atomic E-state index is 0.0295. The quantitative estimate of drug-likeness (QED) is 0.305. The minimum Gasteiger partial charge on any atom is -0.480 e. The summed E-state index contributed by atoms with van der Waals surface area (Å²) in [7, 11) is 2.68. The van der Waals surface area contributed by atoms with Gasteiger partial charge in [-0.25, -0.2) is 18.9 Å². The molecule has 4 aromatic rings. The lowest BCUT2D eigenvalue weighted by molar-refractivity contribution is -0.274. The highest BCUT2D eigenvalue weighted by Gasteiger charge is 2.31. The molecule has 0 bridgehead atoms. The summed E-state index contributed by atoms with van der Waals surface area (Å²) in [6, 6.07) is 7.16. The van der Waals surface area contributed by atoms with E-state index in [4.69, 9.17) is 9.47 Å². The van der Waals surface area contributed by atoms with Crippen LogP contribution in [0.25, 0.3) is 16.9 Å². The van der Waals surface area contributed by atoms with Gasteiger partial charge in [-0.15, -0.1) is 13.2 Å². The van der Waals surface area contributed by atoms with E-state index in [1.165, 1.54) is 37.2 Å². The average molecular weight is 548 g/mol. The van der Waals surface area contributed by atoms with Crippen LogP contribution < -0.4 is 20.1 Å². The third-order valence-electron chi connectivity index (χ3n) is 5.14. The van der Waals surface area contributed by atoms with Crippen molar-refractivity contribution in [2.75, 3.05) is 26.1 Å². The molecular weight excluding hydrogens is 528 g/mol. The monoisotopic (exact) mass is 548 g/mol. The van der Waals surface area contributed by atoms with Crippen LogP contribution in [0.4, 0.5) is 23.4 Å². The van der Waals surface area contributed by atoms with Crippen LogP contribution in [0.1, 0.15) is 15.9 Å². The number of hydrogen-bond donors (Lipinski definition) is 2. The number of nitrogens with zero attached hydrogens (tertiary/aromatic N) is 4. The van der Waals surface area contributed by atoms with Crippen molar-refractivity contribution in [3.05, 3.63) is 65.7 Å². The number of nitrogens with one attached hydrogen (secondary N) is 2. The highest BCUT2D eigenvalue weighted by molar-refractivity contribution is 5.97. The number of methoxy groups -OCH3 is 2. The second-order valence-electron chi connectivity index (χ2n) is 7.89. The molecule has 3 heterocycles. The average Bonchev–Trinajstić information content (AvgIpc) is 3.29. The number of rotatable bonds is 9. The first-order chi connectivity index (χ1) is 18.6. The molecule has 0 spiro atoms. The van der Waals surface area contributed by atoms with E-state index < -0.39 is 36.3 Å². The first kappa shape index (κ1) is 27.3. The molecule has 0 saturated carbocycles. The lowest BCUT2D eigenvalue weighted by Crippen LogP contribution is -2.24. The first-order valence-corrected chi connectivity index (χ1v) is 11.1. The SMILES string of the molecule is COCC(=O)Nc1cn2nc(-c3cnc(OC)c(C(=O)NCc4cc(OC(F)(F)F)ccc4F)c3)ccc2n1. The van der Waals surface area contributed by atoms with E-state index in [1.807, 2.05) is 0 Å². The summed E-state index contributed by atoms with van der Waals surface area (Å²) in [5.74, 6) is -2.37. The third kappa shape index (κ3) is 6.75. The molecule has 0 unspecified atom stereocenters. The molecule has 11 nitrogen and oxygen atoms in total. The molecule has 1 aromatic carbocycles. The first-order valence-electron chi connectivity index (χ1n) is 11.1. The van der Waals surface area contributed by atoms with Gasteiger partial charge >= 0.3 is 6.36 Å². The van der Waals surface area contributed by atoms with Crippen molar-refractivity contribution in [3.63, 3.8) is 0 Å². The van der Waals surface area contributed by atoms with Crippen molar-refractivity contribution >= 4 is 23.3 Å². The van der Waals surface area contributed by atoms with Crippen LogP contribution in [0.2, 0.25) is 0 Å². The summed E-state index contributed by atoms with van der Waals surface area (Å²) >= 11 is 0. The number of benzene rings is 1. The van der Waals surface area contributed by atoms with Crippen molar-refractivity contribution < 1.29 is 41.4 Å². The van der Waals surface area contributed by atoms with Crippen molar-refractivity contribution in [1.82, 2.24) is 24.9 Å². The normalized spacial score (nSPS) is 11.3. The van der Waals surface area contributed by atoms with Gasteiger partial charge in [0.15, 0.2) is 11.5 Å². The molecule has 0 aliphatic carbocycles. The smallest absolute Gasteiger partial charge is 0.480 e. The number of ether oxygens (including phenoxy) is 3. The van der Waals surface area contributed by atoms with Gasteiger partial charge in [0.2, 0.25) is 5.88 Å². The van der Waals surface area contributed by atoms with Gasteiger partial charge in [-0.2, -0.15) is 5.10 Å². The fourth-order valence-electron chi connectivity index (χ4n) is 3.48. The number of halogens is 4. The maximum Gasteiger partial charge on any atom is 0.573 e. The predicted octanol–water partition coefficient (Wildman–Crippen LogP) is 3.35. The summed E-state index contributed by atoms with van der Waals surface area (Å²) in [5, 5.41) is 9.43. The second-order valence-corrected chi connectivity index (χ2v) is 7.89. The summed E-state index contributed by atoms with van der Waals surface area (Å²) in [5.41, 5.74) is 0.979. The van der Waals surface area contributed by atoms with E-state index in [-0.39, 0.29) is 29.4 Å². The number of alkyl halides is 3. The molecule has 39 heavy (non-hydrogen) atoms. The highest BCUT2D eigenvalue weighted by Crippen LogP contribution is 2.26. The van der Waals surface area contributed by atoms with E-state index in [0.717, 1.165) is 18.2 Å². The van der Waals surface area contributed by atoms with Crippen LogP contribution >= 0.6 is 0 Å². The molecule has 4 rings (SSSR count). The summed E-state index contributed by atoms with van der Waals surface area (Å²) in [4.78, 5) is 33.0. The second kappa shape index (κ2) is 11.3. The number of fused-ring (bicyclic) bond motifs is 1. The molecule has 204 valence electrons. The van der Waals surface area contributed by atoms with E-state index in [9.17, 15) is 27.2 Å². The Hall–Kier alpha value is -4.79. The zero-order valence-electron chi connectivity index (χ0n) is 20.4. The number of pyridine rings is 1. The van der Waals surface area contributed by atoms with Crippen LogP contribution in [0, 0.1) is 5.82 Å². The molecule has 3 aromatic heterocycles. The predicted molar refractivity (Wildman–Crippen MR) is 128 cm³/mol. The summed E-state index contributed by atoms with van der Waals surface area (Å²) in [6.07, 6.45) is -2.05. The van der Waals surface area contributed by atoms with Crippen molar-refractivity contribution in [1.29, 1.82) is 0 Å². The van der Waals surface area contributed by atoms with Gasteiger partial charge in [-0.05, 0) is 36.4 Å². The number of hydrogen-bond acceptors (Lipinski definition) is 8. The zero-order chi connectivity index (χ0) is 28.2. The lowest BCUT2D eigenvalue weighted by atomic mass is 10.1. The number of carbonyl (C=O) groups excluding carboxylic acids is 2. The van der Waals surface area contributed by atoms with Crippen molar-refractivity contribution in [3.8, 4) is 22.9 Å². The molecule has 0 aliphatic heterocycles.